The molecule has 9 rings (SSSR count). The number of hydrogen-bond acceptors (Lipinski definition) is 5. The second kappa shape index (κ2) is 12.1. The SMILES string of the molecule is c1cncc(-c2ccc(-c3ccc(-c4cccc5c4oc4c(-c6ccc(-c7ccc(-c8cccnc8)nc7)cc6)cccc45)cc3)cn2)c1. The van der Waals surface area contributed by atoms with Crippen LogP contribution >= 0.6 is 0 Å². The third kappa shape index (κ3) is 5.33. The highest BCUT2D eigenvalue weighted by Gasteiger charge is 2.16. The summed E-state index contributed by atoms with van der Waals surface area (Å²) >= 11 is 0. The molecule has 5 heterocycles. The summed E-state index contributed by atoms with van der Waals surface area (Å²) in [7, 11) is 0. The Balaban J connectivity index is 1.01. The Morgan fingerprint density at radius 1 is 0.327 bits per heavy atom. The number of fused-ring (bicyclic) bond motifs is 3. The van der Waals surface area contributed by atoms with Gasteiger partial charge < -0.3 is 4.42 Å². The molecule has 5 aromatic heterocycles. The molecule has 0 aliphatic rings. The standard InChI is InChI=1S/C44H28N4O/c1-7-37(31-15-11-29(12-16-31)33-19-21-41(47-27-33)35-5-3-23-45-25-35)43-39(9-1)40-10-2-8-38(44(40)49-43)32-17-13-30(14-18-32)34-20-22-42(48-28-34)36-6-4-24-46-26-36/h1-28H. The molecule has 0 N–H and O–H groups in total. The fourth-order valence-electron chi connectivity index (χ4n) is 6.46. The minimum Gasteiger partial charge on any atom is -0.455 e. The van der Waals surface area contributed by atoms with E-state index < -0.39 is 0 Å². The van der Waals surface area contributed by atoms with E-state index in [-0.39, 0.29) is 0 Å². The predicted octanol–water partition coefficient (Wildman–Crippen LogP) is 11.2. The summed E-state index contributed by atoms with van der Waals surface area (Å²) in [5.41, 5.74) is 14.3. The van der Waals surface area contributed by atoms with Gasteiger partial charge in [-0.1, -0.05) is 97.1 Å². The first-order chi connectivity index (χ1) is 24.3. The largest absolute Gasteiger partial charge is 0.455 e. The molecule has 9 aromatic rings. The average molecular weight is 629 g/mol. The van der Waals surface area contributed by atoms with E-state index in [4.69, 9.17) is 4.42 Å². The van der Waals surface area contributed by atoms with Crippen LogP contribution in [0.2, 0.25) is 0 Å². The van der Waals surface area contributed by atoms with Crippen molar-refractivity contribution in [2.45, 2.75) is 0 Å². The maximum Gasteiger partial charge on any atom is 0.143 e. The minimum atomic E-state index is 0.886. The molecule has 4 aromatic carbocycles. The molecule has 5 nitrogen and oxygen atoms in total. The summed E-state index contributed by atoms with van der Waals surface area (Å²) in [5, 5.41) is 2.20. The topological polar surface area (TPSA) is 64.7 Å². The van der Waals surface area contributed by atoms with Gasteiger partial charge in [-0.25, -0.2) is 0 Å². The fraction of sp³-hybridized carbons (Fsp3) is 0. The molecule has 230 valence electrons. The molecular weight excluding hydrogens is 601 g/mol. The van der Waals surface area contributed by atoms with Crippen LogP contribution in [0.5, 0.6) is 0 Å². The molecule has 0 fully saturated rings. The molecule has 49 heavy (non-hydrogen) atoms. The average Bonchev–Trinajstić information content (AvgIpc) is 3.58. The summed E-state index contributed by atoms with van der Waals surface area (Å²) in [4.78, 5) is 17.8. The van der Waals surface area contributed by atoms with Crippen LogP contribution < -0.4 is 0 Å². The maximum atomic E-state index is 6.73. The molecule has 5 heteroatoms. The van der Waals surface area contributed by atoms with Crippen molar-refractivity contribution < 1.29 is 4.42 Å². The zero-order valence-corrected chi connectivity index (χ0v) is 26.4. The number of hydrogen-bond donors (Lipinski definition) is 0. The highest BCUT2D eigenvalue weighted by atomic mass is 16.3. The molecule has 0 aliphatic heterocycles. The van der Waals surface area contributed by atoms with Gasteiger partial charge in [-0.05, 0) is 58.7 Å². The van der Waals surface area contributed by atoms with Gasteiger partial charge >= 0.3 is 0 Å². The van der Waals surface area contributed by atoms with Crippen LogP contribution in [0.15, 0.2) is 175 Å². The highest BCUT2D eigenvalue weighted by molar-refractivity contribution is 6.13. The Morgan fingerprint density at radius 2 is 0.755 bits per heavy atom. The van der Waals surface area contributed by atoms with Gasteiger partial charge in [0, 0.05) is 81.3 Å². The van der Waals surface area contributed by atoms with E-state index in [1.807, 2.05) is 61.2 Å². The lowest BCUT2D eigenvalue weighted by Crippen LogP contribution is -1.86. The number of nitrogens with zero attached hydrogens (tertiary/aromatic N) is 4. The molecule has 0 radical (unpaired) electrons. The zero-order valence-electron chi connectivity index (χ0n) is 26.4. The second-order valence-electron chi connectivity index (χ2n) is 12.0. The van der Waals surface area contributed by atoms with Gasteiger partial charge in [-0.2, -0.15) is 0 Å². The van der Waals surface area contributed by atoms with Crippen molar-refractivity contribution in [2.75, 3.05) is 0 Å². The van der Waals surface area contributed by atoms with Crippen molar-refractivity contribution in [3.05, 3.63) is 171 Å². The van der Waals surface area contributed by atoms with E-state index in [1.54, 1.807) is 12.4 Å². The highest BCUT2D eigenvalue weighted by Crippen LogP contribution is 2.40. The normalized spacial score (nSPS) is 11.3. The number of pyridine rings is 4. The number of rotatable bonds is 6. The molecule has 0 amide bonds. The molecule has 0 bridgehead atoms. The Morgan fingerprint density at radius 3 is 1.14 bits per heavy atom. The molecule has 0 saturated carbocycles. The fourth-order valence-corrected chi connectivity index (χ4v) is 6.46. The number of furan rings is 1. The summed E-state index contributed by atoms with van der Waals surface area (Å²) in [6.45, 7) is 0. The van der Waals surface area contributed by atoms with Gasteiger partial charge in [0.05, 0.1) is 11.4 Å². The van der Waals surface area contributed by atoms with Crippen molar-refractivity contribution in [3.8, 4) is 67.0 Å². The predicted molar refractivity (Wildman–Crippen MR) is 198 cm³/mol. The van der Waals surface area contributed by atoms with Crippen molar-refractivity contribution in [1.29, 1.82) is 0 Å². The van der Waals surface area contributed by atoms with Crippen LogP contribution in [0.4, 0.5) is 0 Å². The van der Waals surface area contributed by atoms with E-state index in [2.05, 4.69) is 117 Å². The second-order valence-corrected chi connectivity index (χ2v) is 12.0. The van der Waals surface area contributed by atoms with Crippen LogP contribution in [0.25, 0.3) is 89.0 Å². The van der Waals surface area contributed by atoms with Crippen molar-refractivity contribution in [1.82, 2.24) is 19.9 Å². The van der Waals surface area contributed by atoms with Gasteiger partial charge in [0.2, 0.25) is 0 Å². The Kier molecular flexibility index (Phi) is 7.06. The number of aromatic nitrogens is 4. The third-order valence-corrected chi connectivity index (χ3v) is 9.02. The molecule has 0 spiro atoms. The van der Waals surface area contributed by atoms with Crippen molar-refractivity contribution in [3.63, 3.8) is 0 Å². The third-order valence-electron chi connectivity index (χ3n) is 9.02. The Bertz CT molecular complexity index is 2360. The lowest BCUT2D eigenvalue weighted by molar-refractivity contribution is 0.671. The van der Waals surface area contributed by atoms with Gasteiger partial charge in [0.1, 0.15) is 11.2 Å². The van der Waals surface area contributed by atoms with E-state index >= 15 is 0 Å². The van der Waals surface area contributed by atoms with Crippen LogP contribution in [-0.2, 0) is 0 Å². The summed E-state index contributed by atoms with van der Waals surface area (Å²) in [6.07, 6.45) is 11.0. The Hall–Kier alpha value is -6.72. The monoisotopic (exact) mass is 628 g/mol. The Labute approximate surface area is 283 Å². The quantitative estimate of drug-likeness (QED) is 0.183. The van der Waals surface area contributed by atoms with Gasteiger partial charge in [0.15, 0.2) is 0 Å². The van der Waals surface area contributed by atoms with E-state index in [9.17, 15) is 0 Å². The first-order valence-electron chi connectivity index (χ1n) is 16.2. The van der Waals surface area contributed by atoms with E-state index in [1.165, 1.54) is 0 Å². The van der Waals surface area contributed by atoms with Gasteiger partial charge in [-0.15, -0.1) is 0 Å². The first kappa shape index (κ1) is 28.5. The zero-order chi connectivity index (χ0) is 32.6. The van der Waals surface area contributed by atoms with Gasteiger partial charge in [-0.3, -0.25) is 19.9 Å². The number of para-hydroxylation sites is 2. The van der Waals surface area contributed by atoms with E-state index in [0.717, 1.165) is 89.0 Å². The van der Waals surface area contributed by atoms with E-state index in [0.29, 0.717) is 0 Å². The summed E-state index contributed by atoms with van der Waals surface area (Å²) < 4.78 is 6.73. The first-order valence-corrected chi connectivity index (χ1v) is 16.2. The summed E-state index contributed by atoms with van der Waals surface area (Å²) in [5.74, 6) is 0. The van der Waals surface area contributed by atoms with Crippen LogP contribution in [0.1, 0.15) is 0 Å². The van der Waals surface area contributed by atoms with Crippen LogP contribution in [-0.4, -0.2) is 19.9 Å². The summed E-state index contributed by atoms with van der Waals surface area (Å²) in [6, 6.07) is 46.2. The van der Waals surface area contributed by atoms with Crippen molar-refractivity contribution >= 4 is 21.9 Å². The molecule has 0 atom stereocenters. The number of benzene rings is 4. The minimum absolute atomic E-state index is 0.886. The molecule has 0 saturated heterocycles. The maximum absolute atomic E-state index is 6.73. The van der Waals surface area contributed by atoms with Crippen molar-refractivity contribution in [2.24, 2.45) is 0 Å². The molecule has 0 unspecified atom stereocenters. The lowest BCUT2D eigenvalue weighted by Gasteiger charge is -2.07. The van der Waals surface area contributed by atoms with Crippen LogP contribution in [0, 0.1) is 0 Å². The smallest absolute Gasteiger partial charge is 0.143 e. The van der Waals surface area contributed by atoms with Gasteiger partial charge in [0.25, 0.3) is 0 Å². The lowest BCUT2D eigenvalue weighted by atomic mass is 9.98. The molecule has 0 aliphatic carbocycles. The van der Waals surface area contributed by atoms with Crippen LogP contribution in [0.3, 0.4) is 0 Å². The molecular formula is C44H28N4O.